The van der Waals surface area contributed by atoms with Crippen molar-refractivity contribution in [3.05, 3.63) is 0 Å². The number of nitrogens with one attached hydrogen (secondary N) is 2. The van der Waals surface area contributed by atoms with Crippen LogP contribution in [0.1, 0.15) is 92.9 Å². The maximum atomic E-state index is 13.9. The molecule has 3 N–H and O–H groups in total. The highest BCUT2D eigenvalue weighted by molar-refractivity contribution is 6.35. The van der Waals surface area contributed by atoms with E-state index in [1.165, 1.54) is 11.8 Å². The maximum Gasteiger partial charge on any atom is 0.408 e. The summed E-state index contributed by atoms with van der Waals surface area (Å²) < 4.78 is 37.6. The molecular formula is C28H46F3N3O7. The predicted molar refractivity (Wildman–Crippen MR) is 145 cm³/mol. The van der Waals surface area contributed by atoms with Crippen molar-refractivity contribution >= 4 is 29.7 Å². The van der Waals surface area contributed by atoms with Gasteiger partial charge in [0.1, 0.15) is 12.1 Å². The molecule has 0 aromatic carbocycles. The number of alkyl carbamates (subject to hydrolysis) is 1. The fraction of sp³-hybridized carbons (Fsp3) is 0.821. The summed E-state index contributed by atoms with van der Waals surface area (Å²) in [6.07, 6.45) is 0.181. The van der Waals surface area contributed by atoms with E-state index in [9.17, 15) is 37.1 Å². The molecule has 1 heterocycles. The lowest BCUT2D eigenvalue weighted by Crippen LogP contribution is -2.57. The number of ketones is 1. The molecule has 0 spiro atoms. The molecule has 2 rings (SSSR count). The van der Waals surface area contributed by atoms with Crippen molar-refractivity contribution in [3.8, 4) is 0 Å². The molecular weight excluding hydrogens is 547 g/mol. The van der Waals surface area contributed by atoms with Crippen LogP contribution in [-0.2, 0) is 23.9 Å². The number of likely N-dealkylation sites (tertiary alicyclic amines) is 1. The Morgan fingerprint density at radius 1 is 0.951 bits per heavy atom. The minimum Gasteiger partial charge on any atom is -0.475 e. The van der Waals surface area contributed by atoms with E-state index in [4.69, 9.17) is 9.84 Å². The molecule has 13 heteroatoms. The quantitative estimate of drug-likeness (QED) is 0.318. The van der Waals surface area contributed by atoms with E-state index in [0.717, 1.165) is 45.4 Å². The Bertz CT molecular complexity index is 907. The van der Waals surface area contributed by atoms with Gasteiger partial charge < -0.3 is 25.4 Å². The molecule has 2 fully saturated rings. The number of hydrogen-bond donors (Lipinski definition) is 3. The molecule has 1 aliphatic heterocycles. The first-order valence-electron chi connectivity index (χ1n) is 14.4. The second-order valence-corrected chi connectivity index (χ2v) is 11.2. The number of Topliss-reactive ketones (excluding diaryl/α,β-unsaturated/α-hetero) is 1. The number of alkyl halides is 3. The van der Waals surface area contributed by atoms with Crippen LogP contribution in [0.5, 0.6) is 0 Å². The number of hydrogen-bond acceptors (Lipinski definition) is 6. The fourth-order valence-corrected chi connectivity index (χ4v) is 5.07. The second-order valence-electron chi connectivity index (χ2n) is 11.2. The number of rotatable bonds is 10. The molecule has 4 unspecified atom stereocenters. The van der Waals surface area contributed by atoms with E-state index in [0.29, 0.717) is 13.0 Å². The number of carbonyl (C=O) groups is 5. The normalized spacial score (nSPS) is 21.7. The van der Waals surface area contributed by atoms with Gasteiger partial charge in [-0.1, -0.05) is 46.5 Å². The Balaban J connectivity index is 0.00000126. The Morgan fingerprint density at radius 2 is 1.51 bits per heavy atom. The van der Waals surface area contributed by atoms with Gasteiger partial charge in [-0.05, 0) is 57.8 Å². The highest BCUT2D eigenvalue weighted by atomic mass is 19.4. The molecule has 236 valence electrons. The smallest absolute Gasteiger partial charge is 0.408 e. The topological polar surface area (TPSA) is 142 Å². The molecule has 0 aromatic rings. The average molecular weight is 594 g/mol. The zero-order valence-electron chi connectivity index (χ0n) is 24.9. The van der Waals surface area contributed by atoms with Crippen LogP contribution in [0.15, 0.2) is 0 Å². The van der Waals surface area contributed by atoms with Crippen molar-refractivity contribution < 1.29 is 47.0 Å². The fourth-order valence-electron chi connectivity index (χ4n) is 5.07. The molecule has 2 aliphatic rings. The van der Waals surface area contributed by atoms with E-state index in [1.54, 1.807) is 13.8 Å². The van der Waals surface area contributed by atoms with E-state index >= 15 is 0 Å². The van der Waals surface area contributed by atoms with Crippen LogP contribution in [-0.4, -0.2) is 76.6 Å². The van der Waals surface area contributed by atoms with Crippen LogP contribution in [0, 0.1) is 17.8 Å². The molecule has 5 atom stereocenters. The minimum atomic E-state index is -3.96. The monoisotopic (exact) mass is 593 g/mol. The second kappa shape index (κ2) is 16.5. The van der Waals surface area contributed by atoms with Crippen LogP contribution in [0.2, 0.25) is 0 Å². The first-order valence-corrected chi connectivity index (χ1v) is 14.4. The van der Waals surface area contributed by atoms with E-state index in [1.807, 2.05) is 6.92 Å². The largest absolute Gasteiger partial charge is 0.475 e. The third kappa shape index (κ3) is 11.9. The van der Waals surface area contributed by atoms with Gasteiger partial charge >= 0.3 is 18.2 Å². The molecule has 1 aliphatic carbocycles. The van der Waals surface area contributed by atoms with Crippen molar-refractivity contribution in [1.82, 2.24) is 15.5 Å². The third-order valence-corrected chi connectivity index (χ3v) is 7.73. The average Bonchev–Trinajstić information content (AvgIpc) is 3.36. The van der Waals surface area contributed by atoms with Crippen LogP contribution < -0.4 is 10.6 Å². The Kier molecular flexibility index (Phi) is 14.6. The van der Waals surface area contributed by atoms with Gasteiger partial charge in [0.25, 0.3) is 5.78 Å². The summed E-state index contributed by atoms with van der Waals surface area (Å²) in [4.78, 5) is 63.8. The molecule has 41 heavy (non-hydrogen) atoms. The number of amides is 3. The molecule has 0 bridgehead atoms. The number of ether oxygens (including phenoxy) is 1. The maximum absolute atomic E-state index is 13.9. The van der Waals surface area contributed by atoms with E-state index in [-0.39, 0.29) is 29.8 Å². The van der Waals surface area contributed by atoms with Crippen LogP contribution in [0.3, 0.4) is 0 Å². The lowest BCUT2D eigenvalue weighted by atomic mass is 9.83. The predicted octanol–water partition coefficient (Wildman–Crippen LogP) is 4.45. The Morgan fingerprint density at radius 3 is 1.98 bits per heavy atom. The van der Waals surface area contributed by atoms with E-state index < -0.39 is 54.5 Å². The lowest BCUT2D eigenvalue weighted by Gasteiger charge is -2.34. The first-order chi connectivity index (χ1) is 19.0. The van der Waals surface area contributed by atoms with Crippen molar-refractivity contribution in [3.63, 3.8) is 0 Å². The van der Waals surface area contributed by atoms with Crippen molar-refractivity contribution in [2.45, 2.75) is 123 Å². The zero-order valence-corrected chi connectivity index (χ0v) is 24.9. The number of carboxylic acids is 1. The van der Waals surface area contributed by atoms with Gasteiger partial charge in [-0.2, -0.15) is 13.2 Å². The SMILES string of the molecule is CCC(C)[C@@H]1CC(C(=O)NC(C)C(=O)C(=O)O)N(C(=O)C(NC(=O)OC(C)C)C2CCCCC2)C1.CCC(F)(F)F. The standard InChI is InChI=1S/C25H41N3O7.C3H5F3/c1-6-15(4)18-12-19(22(30)26-16(5)21(29)24(32)33)28(13-18)23(31)20(17-10-8-7-9-11-17)27-25(34)35-14(2)3;1-2-3(4,5)6/h14-20H,6-13H2,1-5H3,(H,26,30)(H,27,34)(H,32,33);2H2,1H3/t15?,16?,18-,19?,20?;/m1./s1. The van der Waals surface area contributed by atoms with Crippen LogP contribution in [0.4, 0.5) is 18.0 Å². The number of nitrogens with zero attached hydrogens (tertiary/aromatic N) is 1. The molecule has 1 saturated carbocycles. The van der Waals surface area contributed by atoms with Gasteiger partial charge in [0.05, 0.1) is 12.1 Å². The number of halogens is 3. The summed E-state index contributed by atoms with van der Waals surface area (Å²) in [5, 5.41) is 14.2. The zero-order chi connectivity index (χ0) is 31.5. The first kappa shape index (κ1) is 36.2. The Labute approximate surface area is 240 Å². The summed E-state index contributed by atoms with van der Waals surface area (Å²) in [7, 11) is 0. The summed E-state index contributed by atoms with van der Waals surface area (Å²) in [5.41, 5.74) is 0. The van der Waals surface area contributed by atoms with Crippen molar-refractivity contribution in [2.24, 2.45) is 17.8 Å². The van der Waals surface area contributed by atoms with E-state index in [2.05, 4.69) is 17.6 Å². The summed E-state index contributed by atoms with van der Waals surface area (Å²) >= 11 is 0. The molecule has 1 saturated heterocycles. The van der Waals surface area contributed by atoms with Crippen molar-refractivity contribution in [1.29, 1.82) is 0 Å². The van der Waals surface area contributed by atoms with Gasteiger partial charge in [0.2, 0.25) is 11.8 Å². The molecule has 0 radical (unpaired) electrons. The summed E-state index contributed by atoms with van der Waals surface area (Å²) in [5.74, 6) is -3.37. The summed E-state index contributed by atoms with van der Waals surface area (Å²) in [6, 6.07) is -2.88. The molecule has 0 aromatic heterocycles. The van der Waals surface area contributed by atoms with Gasteiger partial charge in [-0.25, -0.2) is 9.59 Å². The highest BCUT2D eigenvalue weighted by Gasteiger charge is 2.45. The summed E-state index contributed by atoms with van der Waals surface area (Å²) in [6.45, 7) is 10.3. The van der Waals surface area contributed by atoms with Gasteiger partial charge in [0, 0.05) is 13.0 Å². The number of carboxylic acid groups (broad SMARTS) is 1. The Hall–Kier alpha value is -2.86. The minimum absolute atomic E-state index is 0.0603. The highest BCUT2D eigenvalue weighted by Crippen LogP contribution is 2.34. The van der Waals surface area contributed by atoms with Crippen LogP contribution in [0.25, 0.3) is 0 Å². The number of aliphatic carboxylic acids is 1. The van der Waals surface area contributed by atoms with Gasteiger partial charge in [0.15, 0.2) is 0 Å². The molecule has 3 amide bonds. The number of carbonyl (C=O) groups excluding carboxylic acids is 4. The third-order valence-electron chi connectivity index (χ3n) is 7.73. The van der Waals surface area contributed by atoms with Crippen LogP contribution >= 0.6 is 0 Å². The lowest BCUT2D eigenvalue weighted by molar-refractivity contribution is -0.150. The molecule has 10 nitrogen and oxygen atoms in total. The van der Waals surface area contributed by atoms with Gasteiger partial charge in [-0.3, -0.25) is 14.4 Å². The van der Waals surface area contributed by atoms with Crippen molar-refractivity contribution in [2.75, 3.05) is 6.54 Å². The van der Waals surface area contributed by atoms with Gasteiger partial charge in [-0.15, -0.1) is 0 Å².